The van der Waals surface area contributed by atoms with Gasteiger partial charge in [0.2, 0.25) is 0 Å². The number of hydrogen-bond donors (Lipinski definition) is 6. The first-order valence-corrected chi connectivity index (χ1v) is 25.1. The van der Waals surface area contributed by atoms with Crippen molar-refractivity contribution in [1.29, 1.82) is 0 Å². The van der Waals surface area contributed by atoms with Crippen molar-refractivity contribution >= 4 is 19.8 Å². The Morgan fingerprint density at radius 1 is 0.516 bits per heavy atom. The standard InChI is InChI=1S/C48H83O13P/c1-3-5-7-9-11-13-15-17-19-20-21-22-23-25-27-29-31-33-35-37-42(50)60-40(39-59-62(56,57)61-48-46(54)44(52)43(51)45(53)47(48)55)38-58-41(49)36-34-32-30-28-26-24-18-16-14-12-10-8-6-4-2/h5,7,11,13,16-19,21-22,40,43-48,51-55H,3-4,6,8-10,12,14-15,20,23-39H2,1-2H3,(H,56,57)/b7-5-,13-11-,18-16-,19-17-,22-21-. The fraction of sp³-hybridized carbons (Fsp3) is 0.750. The van der Waals surface area contributed by atoms with E-state index in [2.05, 4.69) is 74.6 Å². The molecule has 0 spiro atoms. The molecule has 1 aliphatic rings. The molecule has 0 heterocycles. The molecule has 0 aromatic rings. The Labute approximate surface area is 373 Å². The SMILES string of the molecule is CC/C=C\C/C=C\C/C=C\C/C=C\CCCCCCCCC(=O)OC(COC(=O)CCCCCCC/C=C\CCCCCCC)COP(=O)(O)OC1C(O)C(O)C(O)C(O)C1O. The second-order valence-corrected chi connectivity index (χ2v) is 17.6. The monoisotopic (exact) mass is 899 g/mol. The van der Waals surface area contributed by atoms with Gasteiger partial charge in [0.1, 0.15) is 43.2 Å². The summed E-state index contributed by atoms with van der Waals surface area (Å²) in [4.78, 5) is 35.7. The van der Waals surface area contributed by atoms with E-state index in [1.54, 1.807) is 0 Å². The van der Waals surface area contributed by atoms with Gasteiger partial charge in [-0.3, -0.25) is 18.6 Å². The van der Waals surface area contributed by atoms with E-state index in [4.69, 9.17) is 18.5 Å². The van der Waals surface area contributed by atoms with Crippen molar-refractivity contribution in [2.75, 3.05) is 13.2 Å². The minimum atomic E-state index is -5.13. The van der Waals surface area contributed by atoms with Crippen LogP contribution in [0.1, 0.15) is 174 Å². The Kier molecular flexibility index (Phi) is 35.2. The van der Waals surface area contributed by atoms with Crippen molar-refractivity contribution < 1.29 is 63.1 Å². The molecule has 0 saturated heterocycles. The first-order chi connectivity index (χ1) is 29.9. The number of phosphoric ester groups is 1. The summed E-state index contributed by atoms with van der Waals surface area (Å²) in [5.41, 5.74) is 0. The molecule has 0 aromatic heterocycles. The van der Waals surface area contributed by atoms with Crippen LogP contribution in [0.3, 0.4) is 0 Å². The van der Waals surface area contributed by atoms with Crippen LogP contribution in [-0.2, 0) is 32.7 Å². The molecule has 0 radical (unpaired) electrons. The summed E-state index contributed by atoms with van der Waals surface area (Å²) in [6.45, 7) is 3.15. The number of ether oxygens (including phenoxy) is 2. The summed E-state index contributed by atoms with van der Waals surface area (Å²) in [5, 5.41) is 50.2. The predicted octanol–water partition coefficient (Wildman–Crippen LogP) is 9.33. The van der Waals surface area contributed by atoms with E-state index in [-0.39, 0.29) is 12.8 Å². The van der Waals surface area contributed by atoms with E-state index in [1.165, 1.54) is 32.1 Å². The van der Waals surface area contributed by atoms with Crippen molar-refractivity contribution in [3.8, 4) is 0 Å². The van der Waals surface area contributed by atoms with Crippen molar-refractivity contribution in [1.82, 2.24) is 0 Å². The summed E-state index contributed by atoms with van der Waals surface area (Å²) in [6, 6.07) is 0. The molecule has 6 atom stereocenters. The predicted molar refractivity (Wildman–Crippen MR) is 244 cm³/mol. The molecular weight excluding hydrogens is 815 g/mol. The number of aliphatic hydroxyl groups is 5. The topological polar surface area (TPSA) is 210 Å². The van der Waals surface area contributed by atoms with Crippen LogP contribution in [0.15, 0.2) is 60.8 Å². The molecule has 1 saturated carbocycles. The van der Waals surface area contributed by atoms with Gasteiger partial charge in [-0.15, -0.1) is 0 Å². The molecule has 14 heteroatoms. The van der Waals surface area contributed by atoms with Gasteiger partial charge in [0.05, 0.1) is 6.61 Å². The summed E-state index contributed by atoms with van der Waals surface area (Å²) in [6.07, 6.45) is 32.7. The summed E-state index contributed by atoms with van der Waals surface area (Å²) >= 11 is 0. The van der Waals surface area contributed by atoms with E-state index in [1.807, 2.05) is 0 Å². The number of phosphoric acid groups is 1. The zero-order chi connectivity index (χ0) is 45.7. The summed E-state index contributed by atoms with van der Waals surface area (Å²) in [7, 11) is -5.13. The van der Waals surface area contributed by atoms with Crippen molar-refractivity contribution in [3.05, 3.63) is 60.8 Å². The molecule has 1 rings (SSSR count). The second-order valence-electron chi connectivity index (χ2n) is 16.2. The van der Waals surface area contributed by atoms with E-state index in [9.17, 15) is 44.6 Å². The number of carbonyl (C=O) groups excluding carboxylic acids is 2. The first kappa shape index (κ1) is 57.6. The van der Waals surface area contributed by atoms with Gasteiger partial charge < -0.3 is 39.9 Å². The lowest BCUT2D eigenvalue weighted by Gasteiger charge is -2.41. The van der Waals surface area contributed by atoms with Crippen LogP contribution in [0.2, 0.25) is 0 Å². The molecule has 6 unspecified atom stereocenters. The second kappa shape index (κ2) is 37.9. The third kappa shape index (κ3) is 29.8. The van der Waals surface area contributed by atoms with E-state index in [0.717, 1.165) is 103 Å². The Hall–Kier alpha value is -2.45. The van der Waals surface area contributed by atoms with Gasteiger partial charge in [0.15, 0.2) is 6.10 Å². The fourth-order valence-electron chi connectivity index (χ4n) is 6.80. The summed E-state index contributed by atoms with van der Waals surface area (Å²) < 4.78 is 33.5. The highest BCUT2D eigenvalue weighted by atomic mass is 31.2. The van der Waals surface area contributed by atoms with E-state index >= 15 is 0 Å². The molecule has 358 valence electrons. The Morgan fingerprint density at radius 2 is 0.919 bits per heavy atom. The first-order valence-electron chi connectivity index (χ1n) is 23.6. The molecule has 6 N–H and O–H groups in total. The quantitative estimate of drug-likeness (QED) is 0.0148. The maximum atomic E-state index is 12.8. The van der Waals surface area contributed by atoms with Crippen LogP contribution in [0.4, 0.5) is 0 Å². The Balaban J connectivity index is 2.46. The Morgan fingerprint density at radius 3 is 1.42 bits per heavy atom. The molecule has 0 aromatic carbocycles. The van der Waals surface area contributed by atoms with Crippen LogP contribution in [-0.4, -0.2) is 98.3 Å². The number of allylic oxidation sites excluding steroid dienone is 10. The smallest absolute Gasteiger partial charge is 0.462 e. The van der Waals surface area contributed by atoms with E-state index in [0.29, 0.717) is 12.8 Å². The number of aliphatic hydroxyl groups excluding tert-OH is 5. The normalized spacial score (nSPS) is 22.4. The van der Waals surface area contributed by atoms with Crippen molar-refractivity contribution in [2.24, 2.45) is 0 Å². The molecule has 0 bridgehead atoms. The highest BCUT2D eigenvalue weighted by Gasteiger charge is 2.51. The minimum absolute atomic E-state index is 0.0765. The van der Waals surface area contributed by atoms with Crippen LogP contribution >= 0.6 is 7.82 Å². The Bertz CT molecular complexity index is 1320. The van der Waals surface area contributed by atoms with Crippen LogP contribution < -0.4 is 0 Å². The molecule has 1 fully saturated rings. The van der Waals surface area contributed by atoms with Gasteiger partial charge >= 0.3 is 19.8 Å². The lowest BCUT2D eigenvalue weighted by Crippen LogP contribution is -2.64. The van der Waals surface area contributed by atoms with Crippen molar-refractivity contribution in [3.63, 3.8) is 0 Å². The maximum Gasteiger partial charge on any atom is 0.472 e. The molecule has 1 aliphatic carbocycles. The average molecular weight is 899 g/mol. The van der Waals surface area contributed by atoms with Gasteiger partial charge in [-0.05, 0) is 77.0 Å². The number of hydrogen-bond acceptors (Lipinski definition) is 12. The third-order valence-electron chi connectivity index (χ3n) is 10.6. The molecule has 62 heavy (non-hydrogen) atoms. The lowest BCUT2D eigenvalue weighted by molar-refractivity contribution is -0.220. The fourth-order valence-corrected chi connectivity index (χ4v) is 7.77. The molecule has 0 amide bonds. The van der Waals surface area contributed by atoms with Gasteiger partial charge in [-0.1, -0.05) is 145 Å². The van der Waals surface area contributed by atoms with E-state index < -0.39 is 75.7 Å². The molecule has 13 nitrogen and oxygen atoms in total. The van der Waals surface area contributed by atoms with Crippen LogP contribution in [0.25, 0.3) is 0 Å². The van der Waals surface area contributed by atoms with Crippen LogP contribution in [0, 0.1) is 0 Å². The van der Waals surface area contributed by atoms with Crippen molar-refractivity contribution in [2.45, 2.75) is 217 Å². The third-order valence-corrected chi connectivity index (χ3v) is 11.6. The molecular formula is C48H83O13P. The zero-order valence-electron chi connectivity index (χ0n) is 37.9. The lowest BCUT2D eigenvalue weighted by atomic mass is 9.85. The maximum absolute atomic E-state index is 12.8. The van der Waals surface area contributed by atoms with Gasteiger partial charge in [0, 0.05) is 12.8 Å². The molecule has 0 aliphatic heterocycles. The zero-order valence-corrected chi connectivity index (χ0v) is 38.8. The minimum Gasteiger partial charge on any atom is -0.462 e. The number of esters is 2. The van der Waals surface area contributed by atoms with Gasteiger partial charge in [-0.25, -0.2) is 4.57 Å². The number of carbonyl (C=O) groups is 2. The highest BCUT2D eigenvalue weighted by molar-refractivity contribution is 7.47. The van der Waals surface area contributed by atoms with Gasteiger partial charge in [-0.2, -0.15) is 0 Å². The van der Waals surface area contributed by atoms with Gasteiger partial charge in [0.25, 0.3) is 0 Å². The largest absolute Gasteiger partial charge is 0.472 e. The van der Waals surface area contributed by atoms with Crippen LogP contribution in [0.5, 0.6) is 0 Å². The average Bonchev–Trinajstić information content (AvgIpc) is 3.25. The summed E-state index contributed by atoms with van der Waals surface area (Å²) in [5.74, 6) is -1.13. The highest BCUT2D eigenvalue weighted by Crippen LogP contribution is 2.47. The number of unbranched alkanes of at least 4 members (excludes halogenated alkanes) is 16. The number of rotatable bonds is 38.